The lowest BCUT2D eigenvalue weighted by molar-refractivity contribution is 0.0699. The highest BCUT2D eigenvalue weighted by atomic mass is 16.4. The molecule has 0 radical (unpaired) electrons. The van der Waals surface area contributed by atoms with Gasteiger partial charge >= 0.3 is 5.97 Å². The summed E-state index contributed by atoms with van der Waals surface area (Å²) in [5.74, 6) is -0.951. The Balaban J connectivity index is 2.44. The van der Waals surface area contributed by atoms with Gasteiger partial charge in [-0.25, -0.2) is 4.79 Å². The molecule has 0 aliphatic heterocycles. The predicted octanol–water partition coefficient (Wildman–Crippen LogP) is 2.21. The maximum atomic E-state index is 11.3. The van der Waals surface area contributed by atoms with Gasteiger partial charge in [0.15, 0.2) is 0 Å². The Morgan fingerprint density at radius 1 is 1.40 bits per heavy atom. The number of para-hydroxylation sites is 1. The molecule has 2 N–H and O–H groups in total. The highest BCUT2D eigenvalue weighted by Crippen LogP contribution is 2.25. The van der Waals surface area contributed by atoms with E-state index in [0.717, 1.165) is 29.9 Å². The van der Waals surface area contributed by atoms with Crippen molar-refractivity contribution in [2.45, 2.75) is 6.92 Å². The number of pyridine rings is 1. The molecular formula is C15H19N3O2. The fourth-order valence-corrected chi connectivity index (χ4v) is 2.11. The van der Waals surface area contributed by atoms with Gasteiger partial charge in [0.1, 0.15) is 0 Å². The molecule has 0 fully saturated rings. The molecule has 0 spiro atoms. The number of carbonyl (C=O) groups is 1. The summed E-state index contributed by atoms with van der Waals surface area (Å²) < 4.78 is 0. The number of aromatic nitrogens is 1. The maximum absolute atomic E-state index is 11.3. The fourth-order valence-electron chi connectivity index (χ4n) is 2.11. The summed E-state index contributed by atoms with van der Waals surface area (Å²) in [6.45, 7) is 3.57. The number of nitrogens with zero attached hydrogens (tertiary/aromatic N) is 2. The van der Waals surface area contributed by atoms with Crippen molar-refractivity contribution in [3.63, 3.8) is 0 Å². The number of aryl methyl sites for hydroxylation is 1. The Hall–Kier alpha value is -2.14. The Morgan fingerprint density at radius 2 is 2.15 bits per heavy atom. The first kappa shape index (κ1) is 14.3. The monoisotopic (exact) mass is 273 g/mol. The summed E-state index contributed by atoms with van der Waals surface area (Å²) in [7, 11) is 4.03. The quantitative estimate of drug-likeness (QED) is 0.874. The molecule has 0 amide bonds. The second kappa shape index (κ2) is 5.88. The average Bonchev–Trinajstić information content (AvgIpc) is 2.37. The van der Waals surface area contributed by atoms with E-state index in [2.05, 4.69) is 15.2 Å². The zero-order chi connectivity index (χ0) is 14.7. The van der Waals surface area contributed by atoms with Crippen LogP contribution >= 0.6 is 0 Å². The number of aromatic carboxylic acids is 1. The van der Waals surface area contributed by atoms with Crippen molar-refractivity contribution < 1.29 is 9.90 Å². The third-order valence-corrected chi connectivity index (χ3v) is 3.07. The van der Waals surface area contributed by atoms with Crippen LogP contribution in [0.15, 0.2) is 24.3 Å². The molecule has 106 valence electrons. The molecule has 0 unspecified atom stereocenters. The molecule has 0 saturated carbocycles. The topological polar surface area (TPSA) is 65.5 Å². The van der Waals surface area contributed by atoms with Crippen molar-refractivity contribution in [3.05, 3.63) is 35.5 Å². The highest BCUT2D eigenvalue weighted by molar-refractivity contribution is 6.05. The van der Waals surface area contributed by atoms with Gasteiger partial charge in [0.25, 0.3) is 0 Å². The van der Waals surface area contributed by atoms with Crippen LogP contribution in [0.5, 0.6) is 0 Å². The largest absolute Gasteiger partial charge is 0.478 e. The Kier molecular flexibility index (Phi) is 4.20. The van der Waals surface area contributed by atoms with E-state index in [1.165, 1.54) is 0 Å². The minimum Gasteiger partial charge on any atom is -0.478 e. The maximum Gasteiger partial charge on any atom is 0.337 e. The van der Waals surface area contributed by atoms with Crippen molar-refractivity contribution in [1.82, 2.24) is 9.88 Å². The van der Waals surface area contributed by atoms with Crippen LogP contribution in [-0.2, 0) is 0 Å². The van der Waals surface area contributed by atoms with Crippen LogP contribution in [0.25, 0.3) is 10.9 Å². The lowest BCUT2D eigenvalue weighted by Gasteiger charge is -2.14. The molecule has 1 aromatic carbocycles. The summed E-state index contributed by atoms with van der Waals surface area (Å²) in [5, 5.41) is 13.4. The van der Waals surface area contributed by atoms with Crippen LogP contribution in [0.2, 0.25) is 0 Å². The Labute approximate surface area is 118 Å². The number of anilines is 1. The third kappa shape index (κ3) is 3.05. The summed E-state index contributed by atoms with van der Waals surface area (Å²) in [5.41, 5.74) is 2.50. The molecule has 2 rings (SSSR count). The molecule has 0 bridgehead atoms. The standard InChI is InChI=1S/C15H19N3O2/c1-10-9-13(16-7-8-18(2)3)11-5-4-6-12(15(19)20)14(11)17-10/h4-6,9H,7-8H2,1-3H3,(H,16,17)(H,19,20). The number of hydrogen-bond acceptors (Lipinski definition) is 4. The smallest absolute Gasteiger partial charge is 0.337 e. The van der Waals surface area contributed by atoms with E-state index in [1.807, 2.05) is 33.2 Å². The molecule has 0 atom stereocenters. The first-order chi connectivity index (χ1) is 9.49. The summed E-state index contributed by atoms with van der Waals surface area (Å²) in [6, 6.07) is 7.18. The minimum atomic E-state index is -0.951. The van der Waals surface area contributed by atoms with Crippen molar-refractivity contribution >= 4 is 22.6 Å². The Bertz CT molecular complexity index is 638. The number of nitrogens with one attached hydrogen (secondary N) is 1. The SMILES string of the molecule is Cc1cc(NCCN(C)C)c2cccc(C(=O)O)c2n1. The molecule has 0 aliphatic carbocycles. The first-order valence-corrected chi connectivity index (χ1v) is 6.51. The number of carboxylic acids is 1. The molecule has 2 aromatic rings. The van der Waals surface area contributed by atoms with Gasteiger partial charge in [-0.3, -0.25) is 4.98 Å². The average molecular weight is 273 g/mol. The van der Waals surface area contributed by atoms with E-state index in [-0.39, 0.29) is 5.56 Å². The number of benzene rings is 1. The van der Waals surface area contributed by atoms with Gasteiger partial charge < -0.3 is 15.3 Å². The number of carboxylic acid groups (broad SMARTS) is 1. The van der Waals surface area contributed by atoms with Crippen LogP contribution in [-0.4, -0.2) is 48.1 Å². The minimum absolute atomic E-state index is 0.238. The van der Waals surface area contributed by atoms with Crippen LogP contribution in [0.1, 0.15) is 16.1 Å². The normalized spacial score (nSPS) is 11.0. The van der Waals surface area contributed by atoms with E-state index in [4.69, 9.17) is 0 Å². The second-order valence-electron chi connectivity index (χ2n) is 5.05. The van der Waals surface area contributed by atoms with Crippen molar-refractivity contribution in [3.8, 4) is 0 Å². The Morgan fingerprint density at radius 3 is 2.80 bits per heavy atom. The lowest BCUT2D eigenvalue weighted by Crippen LogP contribution is -2.21. The van der Waals surface area contributed by atoms with E-state index in [9.17, 15) is 9.90 Å². The van der Waals surface area contributed by atoms with Gasteiger partial charge in [-0.05, 0) is 33.2 Å². The zero-order valence-corrected chi connectivity index (χ0v) is 12.0. The number of fused-ring (bicyclic) bond motifs is 1. The molecule has 5 nitrogen and oxygen atoms in total. The highest BCUT2D eigenvalue weighted by Gasteiger charge is 2.12. The molecule has 1 aromatic heterocycles. The van der Waals surface area contributed by atoms with E-state index >= 15 is 0 Å². The third-order valence-electron chi connectivity index (χ3n) is 3.07. The second-order valence-corrected chi connectivity index (χ2v) is 5.05. The molecule has 20 heavy (non-hydrogen) atoms. The summed E-state index contributed by atoms with van der Waals surface area (Å²) >= 11 is 0. The molecule has 5 heteroatoms. The van der Waals surface area contributed by atoms with Gasteiger partial charge in [-0.15, -0.1) is 0 Å². The summed E-state index contributed by atoms with van der Waals surface area (Å²) in [4.78, 5) is 17.7. The van der Waals surface area contributed by atoms with Gasteiger partial charge in [0.2, 0.25) is 0 Å². The number of hydrogen-bond donors (Lipinski definition) is 2. The molecular weight excluding hydrogens is 254 g/mol. The predicted molar refractivity (Wildman–Crippen MR) is 80.5 cm³/mol. The first-order valence-electron chi connectivity index (χ1n) is 6.51. The number of likely N-dealkylation sites (N-methyl/N-ethyl adjacent to an activating group) is 1. The van der Waals surface area contributed by atoms with E-state index < -0.39 is 5.97 Å². The van der Waals surface area contributed by atoms with Gasteiger partial charge in [0.05, 0.1) is 11.1 Å². The van der Waals surface area contributed by atoms with Crippen LogP contribution in [0.3, 0.4) is 0 Å². The molecule has 0 saturated heterocycles. The van der Waals surface area contributed by atoms with Gasteiger partial charge in [-0.1, -0.05) is 12.1 Å². The van der Waals surface area contributed by atoms with Crippen LogP contribution < -0.4 is 5.32 Å². The zero-order valence-electron chi connectivity index (χ0n) is 12.0. The van der Waals surface area contributed by atoms with E-state index in [0.29, 0.717) is 5.52 Å². The van der Waals surface area contributed by atoms with Crippen LogP contribution in [0.4, 0.5) is 5.69 Å². The lowest BCUT2D eigenvalue weighted by atomic mass is 10.1. The van der Waals surface area contributed by atoms with E-state index in [1.54, 1.807) is 12.1 Å². The van der Waals surface area contributed by atoms with Crippen molar-refractivity contribution in [1.29, 1.82) is 0 Å². The molecule has 0 aliphatic rings. The van der Waals surface area contributed by atoms with Crippen molar-refractivity contribution in [2.24, 2.45) is 0 Å². The van der Waals surface area contributed by atoms with Gasteiger partial charge in [-0.2, -0.15) is 0 Å². The number of rotatable bonds is 5. The fraction of sp³-hybridized carbons (Fsp3) is 0.333. The van der Waals surface area contributed by atoms with Crippen LogP contribution in [0, 0.1) is 6.92 Å². The molecule has 1 heterocycles. The summed E-state index contributed by atoms with van der Waals surface area (Å²) in [6.07, 6.45) is 0. The van der Waals surface area contributed by atoms with Crippen molar-refractivity contribution in [2.75, 3.05) is 32.5 Å². The van der Waals surface area contributed by atoms with Gasteiger partial charge in [0, 0.05) is 29.9 Å².